The number of rotatable bonds is 7. The number of nitrogens with one attached hydrogen (secondary N) is 2. The van der Waals surface area contributed by atoms with Crippen molar-refractivity contribution in [3.05, 3.63) is 53.4 Å². The Morgan fingerprint density at radius 3 is 2.75 bits per heavy atom. The number of hydrogen-bond acceptors (Lipinski definition) is 6. The number of nitrogens with zero attached hydrogens (tertiary/aromatic N) is 2. The lowest BCUT2D eigenvalue weighted by atomic mass is 10.0. The van der Waals surface area contributed by atoms with E-state index in [4.69, 9.17) is 4.74 Å². The summed E-state index contributed by atoms with van der Waals surface area (Å²) < 4.78 is 61.1. The Labute approximate surface area is 183 Å². The van der Waals surface area contributed by atoms with Crippen LogP contribution in [0.25, 0.3) is 11.0 Å². The number of pyridine rings is 1. The van der Waals surface area contributed by atoms with E-state index < -0.39 is 38.7 Å². The summed E-state index contributed by atoms with van der Waals surface area (Å²) in [6.07, 6.45) is 3.32. The van der Waals surface area contributed by atoms with Crippen LogP contribution in [0.2, 0.25) is 0 Å². The molecule has 1 aliphatic heterocycles. The molecule has 11 heteroatoms. The zero-order valence-corrected chi connectivity index (χ0v) is 18.1. The van der Waals surface area contributed by atoms with Crippen LogP contribution >= 0.6 is 0 Å². The van der Waals surface area contributed by atoms with Crippen molar-refractivity contribution >= 4 is 38.2 Å². The Bertz CT molecular complexity index is 1270. The van der Waals surface area contributed by atoms with Crippen LogP contribution in [0.1, 0.15) is 29.3 Å². The maximum absolute atomic E-state index is 15.1. The minimum Gasteiger partial charge on any atom is -0.378 e. The van der Waals surface area contributed by atoms with E-state index in [2.05, 4.69) is 14.7 Å². The van der Waals surface area contributed by atoms with Crippen molar-refractivity contribution in [2.24, 2.45) is 0 Å². The number of H-pyrrole nitrogens is 1. The quantitative estimate of drug-likeness (QED) is 0.521. The minimum absolute atomic E-state index is 0.0361. The number of aromatic amines is 1. The fourth-order valence-corrected chi connectivity index (χ4v) is 4.77. The maximum atomic E-state index is 15.1. The fourth-order valence-electron chi connectivity index (χ4n) is 3.64. The molecule has 0 saturated carbocycles. The van der Waals surface area contributed by atoms with Crippen molar-refractivity contribution < 1.29 is 26.7 Å². The van der Waals surface area contributed by atoms with Gasteiger partial charge in [0.1, 0.15) is 11.5 Å². The molecule has 3 aromatic rings. The third-order valence-corrected chi connectivity index (χ3v) is 6.67. The highest BCUT2D eigenvalue weighted by molar-refractivity contribution is 7.92. The molecule has 4 rings (SSSR count). The van der Waals surface area contributed by atoms with E-state index in [9.17, 15) is 17.6 Å². The number of hydrogen-bond donors (Lipinski definition) is 2. The molecule has 2 N–H and O–H groups in total. The summed E-state index contributed by atoms with van der Waals surface area (Å²) in [5.41, 5.74) is -0.119. The van der Waals surface area contributed by atoms with Gasteiger partial charge in [0.25, 0.3) is 0 Å². The lowest BCUT2D eigenvalue weighted by Gasteiger charge is -2.28. The molecule has 0 spiro atoms. The van der Waals surface area contributed by atoms with Gasteiger partial charge in [-0.2, -0.15) is 0 Å². The number of ketones is 1. The van der Waals surface area contributed by atoms with Gasteiger partial charge >= 0.3 is 0 Å². The molecule has 0 radical (unpaired) electrons. The Morgan fingerprint density at radius 2 is 2.03 bits per heavy atom. The molecule has 3 heterocycles. The average molecular weight is 464 g/mol. The first-order valence-electron chi connectivity index (χ1n) is 10.1. The van der Waals surface area contributed by atoms with Gasteiger partial charge in [0.2, 0.25) is 15.8 Å². The number of fused-ring (bicyclic) bond motifs is 1. The number of anilines is 2. The van der Waals surface area contributed by atoms with Gasteiger partial charge in [-0.1, -0.05) is 6.92 Å². The van der Waals surface area contributed by atoms with Gasteiger partial charge in [-0.05, 0) is 24.6 Å². The third kappa shape index (κ3) is 4.30. The first-order chi connectivity index (χ1) is 15.3. The average Bonchev–Trinajstić information content (AvgIpc) is 3.19. The van der Waals surface area contributed by atoms with Crippen LogP contribution in [-0.2, 0) is 14.8 Å². The monoisotopic (exact) mass is 464 g/mol. The van der Waals surface area contributed by atoms with Gasteiger partial charge in [0.15, 0.2) is 5.82 Å². The summed E-state index contributed by atoms with van der Waals surface area (Å²) >= 11 is 0. The molecule has 0 atom stereocenters. The number of sulfonamides is 1. The predicted octanol–water partition coefficient (Wildman–Crippen LogP) is 3.06. The molecule has 1 fully saturated rings. The summed E-state index contributed by atoms with van der Waals surface area (Å²) in [4.78, 5) is 22.4. The van der Waals surface area contributed by atoms with Crippen LogP contribution in [-0.4, -0.2) is 56.2 Å². The molecular formula is C21H22F2N4O4S. The van der Waals surface area contributed by atoms with Crippen molar-refractivity contribution in [3.8, 4) is 0 Å². The van der Waals surface area contributed by atoms with Crippen molar-refractivity contribution in [2.75, 3.05) is 41.7 Å². The van der Waals surface area contributed by atoms with Gasteiger partial charge in [-0.25, -0.2) is 22.2 Å². The van der Waals surface area contributed by atoms with Crippen LogP contribution in [0, 0.1) is 11.6 Å². The van der Waals surface area contributed by atoms with E-state index in [1.165, 1.54) is 6.20 Å². The second kappa shape index (κ2) is 8.83. The van der Waals surface area contributed by atoms with Gasteiger partial charge in [-0.3, -0.25) is 9.52 Å². The van der Waals surface area contributed by atoms with E-state index in [1.807, 2.05) is 4.90 Å². The highest BCUT2D eigenvalue weighted by Gasteiger charge is 2.26. The standard InChI is InChI=1S/C21H22F2N4O4S/c1-2-9-32(29,30)26-17-4-3-16(22)18(19(17)23)20(28)15-12-25-21-14(15)10-13(11-24-21)27-5-7-31-8-6-27/h3-4,10-12,26H,2,5-9H2,1H3,(H,24,25). The SMILES string of the molecule is CCCS(=O)(=O)Nc1ccc(F)c(C(=O)c2c[nH]c3ncc(N4CCOCC4)cc23)c1F. The lowest BCUT2D eigenvalue weighted by Crippen LogP contribution is -2.36. The Balaban J connectivity index is 1.73. The number of aromatic nitrogens is 2. The van der Waals surface area contributed by atoms with Crippen molar-refractivity contribution in [1.29, 1.82) is 0 Å². The highest BCUT2D eigenvalue weighted by atomic mass is 32.2. The zero-order chi connectivity index (χ0) is 22.9. The highest BCUT2D eigenvalue weighted by Crippen LogP contribution is 2.29. The van der Waals surface area contributed by atoms with Crippen LogP contribution in [0.5, 0.6) is 0 Å². The van der Waals surface area contributed by atoms with Gasteiger partial charge in [-0.15, -0.1) is 0 Å². The molecule has 170 valence electrons. The first-order valence-corrected chi connectivity index (χ1v) is 11.8. The molecule has 1 aromatic carbocycles. The number of ether oxygens (including phenoxy) is 1. The van der Waals surface area contributed by atoms with E-state index in [0.29, 0.717) is 43.8 Å². The Hall–Kier alpha value is -3.05. The molecule has 1 aliphatic rings. The molecular weight excluding hydrogens is 442 g/mol. The van der Waals surface area contributed by atoms with E-state index in [0.717, 1.165) is 17.8 Å². The van der Waals surface area contributed by atoms with Crippen molar-refractivity contribution in [1.82, 2.24) is 9.97 Å². The summed E-state index contributed by atoms with van der Waals surface area (Å²) in [6.45, 7) is 4.10. The Morgan fingerprint density at radius 1 is 1.28 bits per heavy atom. The normalized spacial score (nSPS) is 14.7. The van der Waals surface area contributed by atoms with Gasteiger partial charge in [0.05, 0.1) is 42.1 Å². The second-order valence-corrected chi connectivity index (χ2v) is 9.27. The number of carbonyl (C=O) groups is 1. The van der Waals surface area contributed by atoms with Gasteiger partial charge in [0, 0.05) is 30.2 Å². The van der Waals surface area contributed by atoms with E-state index in [-0.39, 0.29) is 11.3 Å². The molecule has 2 aromatic heterocycles. The smallest absolute Gasteiger partial charge is 0.232 e. The van der Waals surface area contributed by atoms with Crippen molar-refractivity contribution in [2.45, 2.75) is 13.3 Å². The molecule has 0 amide bonds. The van der Waals surface area contributed by atoms with Crippen LogP contribution in [0.15, 0.2) is 30.6 Å². The van der Waals surface area contributed by atoms with Crippen LogP contribution in [0.3, 0.4) is 0 Å². The topological polar surface area (TPSA) is 104 Å². The third-order valence-electron chi connectivity index (χ3n) is 5.19. The molecule has 32 heavy (non-hydrogen) atoms. The second-order valence-electron chi connectivity index (χ2n) is 7.43. The lowest BCUT2D eigenvalue weighted by molar-refractivity contribution is 0.103. The summed E-state index contributed by atoms with van der Waals surface area (Å²) in [5.74, 6) is -3.49. The van der Waals surface area contributed by atoms with Crippen LogP contribution in [0.4, 0.5) is 20.2 Å². The zero-order valence-electron chi connectivity index (χ0n) is 17.3. The number of halogens is 2. The van der Waals surface area contributed by atoms with E-state index >= 15 is 4.39 Å². The van der Waals surface area contributed by atoms with Gasteiger partial charge < -0.3 is 14.6 Å². The minimum atomic E-state index is -3.82. The largest absolute Gasteiger partial charge is 0.378 e. The maximum Gasteiger partial charge on any atom is 0.232 e. The van der Waals surface area contributed by atoms with Crippen LogP contribution < -0.4 is 9.62 Å². The molecule has 0 unspecified atom stereocenters. The predicted molar refractivity (Wildman–Crippen MR) is 117 cm³/mol. The summed E-state index contributed by atoms with van der Waals surface area (Å²) in [5, 5.41) is 0.412. The molecule has 1 saturated heterocycles. The summed E-state index contributed by atoms with van der Waals surface area (Å²) in [6, 6.07) is 3.56. The number of benzene rings is 1. The molecule has 0 bridgehead atoms. The van der Waals surface area contributed by atoms with E-state index in [1.54, 1.807) is 19.2 Å². The first kappa shape index (κ1) is 22.2. The molecule has 8 nitrogen and oxygen atoms in total. The molecule has 0 aliphatic carbocycles. The number of carbonyl (C=O) groups excluding carboxylic acids is 1. The van der Waals surface area contributed by atoms with Crippen molar-refractivity contribution in [3.63, 3.8) is 0 Å². The fraction of sp³-hybridized carbons (Fsp3) is 0.333. The Kier molecular flexibility index (Phi) is 6.11. The summed E-state index contributed by atoms with van der Waals surface area (Å²) in [7, 11) is -3.82. The number of morpholine rings is 1.